The Labute approximate surface area is 262 Å². The molecule has 214 valence electrons. The average Bonchev–Trinajstić information content (AvgIpc) is 3.58. The zero-order chi connectivity index (χ0) is 30.1. The van der Waals surface area contributed by atoms with Crippen LogP contribution in [-0.2, 0) is 5.41 Å². The number of furan rings is 1. The van der Waals surface area contributed by atoms with Crippen LogP contribution in [0.2, 0.25) is 0 Å². The summed E-state index contributed by atoms with van der Waals surface area (Å²) in [5, 5.41) is 8.43. The molecule has 0 saturated heterocycles. The van der Waals surface area contributed by atoms with E-state index in [0.717, 1.165) is 33.3 Å². The van der Waals surface area contributed by atoms with Crippen molar-refractivity contribution in [1.29, 1.82) is 0 Å². The summed E-state index contributed by atoms with van der Waals surface area (Å²) in [6.07, 6.45) is 0. The third-order valence-electron chi connectivity index (χ3n) is 9.67. The van der Waals surface area contributed by atoms with E-state index in [1.807, 2.05) is 0 Å². The van der Waals surface area contributed by atoms with Crippen molar-refractivity contribution in [3.05, 3.63) is 157 Å². The first-order valence-electron chi connectivity index (χ1n) is 15.6. The van der Waals surface area contributed by atoms with Crippen molar-refractivity contribution in [2.45, 2.75) is 19.3 Å². The maximum absolute atomic E-state index is 6.56. The van der Waals surface area contributed by atoms with Crippen molar-refractivity contribution < 1.29 is 4.42 Å². The molecule has 0 spiro atoms. The molecule has 0 fully saturated rings. The summed E-state index contributed by atoms with van der Waals surface area (Å²) in [7, 11) is 0. The summed E-state index contributed by atoms with van der Waals surface area (Å²) in [5.74, 6) is 0. The van der Waals surface area contributed by atoms with Gasteiger partial charge in [-0.3, -0.25) is 0 Å². The van der Waals surface area contributed by atoms with Gasteiger partial charge in [0.1, 0.15) is 11.2 Å². The lowest BCUT2D eigenvalue weighted by molar-refractivity contribution is 0.661. The van der Waals surface area contributed by atoms with Gasteiger partial charge >= 0.3 is 0 Å². The van der Waals surface area contributed by atoms with Gasteiger partial charge < -0.3 is 9.73 Å². The van der Waals surface area contributed by atoms with Crippen LogP contribution in [-0.4, -0.2) is 0 Å². The van der Waals surface area contributed by atoms with E-state index in [2.05, 4.69) is 165 Å². The van der Waals surface area contributed by atoms with Gasteiger partial charge in [-0.2, -0.15) is 0 Å². The zero-order valence-corrected chi connectivity index (χ0v) is 25.3. The molecule has 9 rings (SSSR count). The standard InChI is InChI=1S/C43H31NO/c1-43(2)36-19-10-17-32(33-18-11-21-39-41(33)35-24-22-28-14-6-7-16-31(28)42(35)45-39)40(36)34-25-23-29(26-37(34)43)44-38-20-9-8-15-30(38)27-12-4-3-5-13-27/h3-26,44H,1-2H3. The van der Waals surface area contributed by atoms with Crippen LogP contribution >= 0.6 is 0 Å². The Morgan fingerprint density at radius 2 is 1.29 bits per heavy atom. The number of nitrogens with one attached hydrogen (secondary N) is 1. The van der Waals surface area contributed by atoms with Gasteiger partial charge in [0, 0.05) is 38.5 Å². The highest BCUT2D eigenvalue weighted by atomic mass is 16.3. The maximum atomic E-state index is 6.56. The number of benzene rings is 7. The van der Waals surface area contributed by atoms with E-state index in [-0.39, 0.29) is 5.41 Å². The van der Waals surface area contributed by atoms with Gasteiger partial charge in [-0.15, -0.1) is 0 Å². The molecule has 7 aromatic carbocycles. The fourth-order valence-corrected chi connectivity index (χ4v) is 7.49. The Hall–Kier alpha value is -5.60. The molecular formula is C43H31NO. The molecule has 0 amide bonds. The third-order valence-corrected chi connectivity index (χ3v) is 9.67. The molecule has 0 saturated carbocycles. The second kappa shape index (κ2) is 9.70. The van der Waals surface area contributed by atoms with Crippen LogP contribution in [0.5, 0.6) is 0 Å². The number of hydrogen-bond donors (Lipinski definition) is 1. The summed E-state index contributed by atoms with van der Waals surface area (Å²) in [6.45, 7) is 4.70. The number of para-hydroxylation sites is 1. The van der Waals surface area contributed by atoms with Crippen LogP contribution in [0.25, 0.3) is 66.1 Å². The molecule has 1 aliphatic rings. The van der Waals surface area contributed by atoms with Crippen molar-refractivity contribution >= 4 is 44.1 Å². The lowest BCUT2D eigenvalue weighted by atomic mass is 9.81. The van der Waals surface area contributed by atoms with Gasteiger partial charge in [0.25, 0.3) is 0 Å². The second-order valence-electron chi connectivity index (χ2n) is 12.6. The van der Waals surface area contributed by atoms with Gasteiger partial charge in [0.05, 0.1) is 0 Å². The van der Waals surface area contributed by atoms with Crippen LogP contribution in [0, 0.1) is 0 Å². The predicted molar refractivity (Wildman–Crippen MR) is 189 cm³/mol. The van der Waals surface area contributed by atoms with Gasteiger partial charge in [-0.25, -0.2) is 0 Å². The average molecular weight is 578 g/mol. The number of anilines is 2. The van der Waals surface area contributed by atoms with Crippen molar-refractivity contribution in [1.82, 2.24) is 0 Å². The molecule has 2 heteroatoms. The largest absolute Gasteiger partial charge is 0.455 e. The number of rotatable bonds is 4. The molecular weight excluding hydrogens is 546 g/mol. The minimum Gasteiger partial charge on any atom is -0.455 e. The maximum Gasteiger partial charge on any atom is 0.143 e. The Kier molecular flexibility index (Phi) is 5.58. The summed E-state index contributed by atoms with van der Waals surface area (Å²) < 4.78 is 6.56. The van der Waals surface area contributed by atoms with E-state index >= 15 is 0 Å². The molecule has 0 atom stereocenters. The topological polar surface area (TPSA) is 25.2 Å². The molecule has 1 aromatic heterocycles. The Balaban J connectivity index is 1.20. The summed E-state index contributed by atoms with van der Waals surface area (Å²) in [5.41, 5.74) is 14.1. The highest BCUT2D eigenvalue weighted by molar-refractivity contribution is 6.20. The molecule has 1 aliphatic carbocycles. The highest BCUT2D eigenvalue weighted by Crippen LogP contribution is 2.54. The Morgan fingerprint density at radius 3 is 2.20 bits per heavy atom. The molecule has 0 unspecified atom stereocenters. The summed E-state index contributed by atoms with van der Waals surface area (Å²) in [4.78, 5) is 0. The molecule has 8 aromatic rings. The van der Waals surface area contributed by atoms with Gasteiger partial charge in [-0.1, -0.05) is 129 Å². The van der Waals surface area contributed by atoms with Gasteiger partial charge in [0.15, 0.2) is 0 Å². The first-order valence-corrected chi connectivity index (χ1v) is 15.6. The molecule has 45 heavy (non-hydrogen) atoms. The monoisotopic (exact) mass is 577 g/mol. The molecule has 0 aliphatic heterocycles. The smallest absolute Gasteiger partial charge is 0.143 e. The normalized spacial score (nSPS) is 13.3. The summed E-state index contributed by atoms with van der Waals surface area (Å²) in [6, 6.07) is 52.2. The first kappa shape index (κ1) is 25.9. The highest BCUT2D eigenvalue weighted by Gasteiger charge is 2.37. The quantitative estimate of drug-likeness (QED) is 0.225. The lowest BCUT2D eigenvalue weighted by Gasteiger charge is -2.22. The second-order valence-corrected chi connectivity index (χ2v) is 12.6. The number of fused-ring (bicyclic) bond motifs is 8. The van der Waals surface area contributed by atoms with E-state index in [1.165, 1.54) is 55.3 Å². The van der Waals surface area contributed by atoms with Gasteiger partial charge in [0.2, 0.25) is 0 Å². The Morgan fingerprint density at radius 1 is 0.533 bits per heavy atom. The molecule has 2 nitrogen and oxygen atoms in total. The molecule has 1 heterocycles. The minimum absolute atomic E-state index is 0.153. The van der Waals surface area contributed by atoms with E-state index in [1.54, 1.807) is 0 Å². The van der Waals surface area contributed by atoms with E-state index in [9.17, 15) is 0 Å². The first-order chi connectivity index (χ1) is 22.1. The fourth-order valence-electron chi connectivity index (χ4n) is 7.49. The van der Waals surface area contributed by atoms with Crippen LogP contribution < -0.4 is 5.32 Å². The van der Waals surface area contributed by atoms with Crippen molar-refractivity contribution in [3.63, 3.8) is 0 Å². The predicted octanol–water partition coefficient (Wildman–Crippen LogP) is 12.1. The zero-order valence-electron chi connectivity index (χ0n) is 25.3. The molecule has 1 N–H and O–H groups in total. The van der Waals surface area contributed by atoms with Crippen molar-refractivity contribution in [3.8, 4) is 33.4 Å². The van der Waals surface area contributed by atoms with Crippen molar-refractivity contribution in [2.75, 3.05) is 5.32 Å². The lowest BCUT2D eigenvalue weighted by Crippen LogP contribution is -2.15. The van der Waals surface area contributed by atoms with Crippen LogP contribution in [0.15, 0.2) is 150 Å². The van der Waals surface area contributed by atoms with E-state index in [0.29, 0.717) is 0 Å². The van der Waals surface area contributed by atoms with Crippen molar-refractivity contribution in [2.24, 2.45) is 0 Å². The van der Waals surface area contributed by atoms with Crippen LogP contribution in [0.4, 0.5) is 11.4 Å². The van der Waals surface area contributed by atoms with E-state index in [4.69, 9.17) is 4.42 Å². The van der Waals surface area contributed by atoms with Gasteiger partial charge in [-0.05, 0) is 74.7 Å². The Bertz CT molecular complexity index is 2430. The molecule has 0 radical (unpaired) electrons. The third kappa shape index (κ3) is 3.89. The summed E-state index contributed by atoms with van der Waals surface area (Å²) >= 11 is 0. The van der Waals surface area contributed by atoms with Crippen LogP contribution in [0.1, 0.15) is 25.0 Å². The fraction of sp³-hybridized carbons (Fsp3) is 0.0698. The number of hydrogen-bond acceptors (Lipinski definition) is 2. The molecule has 0 bridgehead atoms. The SMILES string of the molecule is CC1(C)c2cc(Nc3ccccc3-c3ccccc3)ccc2-c2c(-c3cccc4oc5c6ccccc6ccc5c34)cccc21. The van der Waals surface area contributed by atoms with E-state index < -0.39 is 0 Å². The van der Waals surface area contributed by atoms with Crippen LogP contribution in [0.3, 0.4) is 0 Å². The minimum atomic E-state index is -0.153.